The minimum Gasteiger partial charge on any atom is -0.497 e. The van der Waals surface area contributed by atoms with Crippen LogP contribution in [0.15, 0.2) is 41.8 Å². The Hall–Kier alpha value is -3.40. The fraction of sp³-hybridized carbons (Fsp3) is 0.176. The first-order valence-corrected chi connectivity index (χ1v) is 8.88. The maximum Gasteiger partial charge on any atom is 0.276 e. The van der Waals surface area contributed by atoms with Crippen molar-refractivity contribution in [2.45, 2.75) is 13.1 Å². The van der Waals surface area contributed by atoms with Crippen LogP contribution in [0.2, 0.25) is 0 Å². The molecule has 2 heterocycles. The summed E-state index contributed by atoms with van der Waals surface area (Å²) in [5.74, 6) is -0.150. The average Bonchev–Trinajstić information content (AvgIpc) is 3.30. The van der Waals surface area contributed by atoms with Gasteiger partial charge in [-0.2, -0.15) is 0 Å². The number of hydrogen-bond acceptors (Lipinski definition) is 7. The summed E-state index contributed by atoms with van der Waals surface area (Å²) in [6, 6.07) is 10.8. The standard InChI is InChI=1S/C17H18N6O3S/c1-26-12-5-2-4-11(8-12)20-14(24)10-23-16(18)15(21-22-23)17(25)19-9-13-6-3-7-27-13/h2-8H,9-10,18H2,1H3,(H,19,25)(H,20,24). The van der Waals surface area contributed by atoms with E-state index in [0.29, 0.717) is 18.0 Å². The number of nitrogens with one attached hydrogen (secondary N) is 2. The van der Waals surface area contributed by atoms with E-state index in [-0.39, 0.29) is 24.0 Å². The van der Waals surface area contributed by atoms with Crippen LogP contribution in [-0.2, 0) is 17.9 Å². The normalized spacial score (nSPS) is 10.4. The Morgan fingerprint density at radius 2 is 2.15 bits per heavy atom. The number of ether oxygens (including phenoxy) is 1. The van der Waals surface area contributed by atoms with Crippen molar-refractivity contribution in [3.05, 3.63) is 52.3 Å². The lowest BCUT2D eigenvalue weighted by atomic mass is 10.3. The van der Waals surface area contributed by atoms with Gasteiger partial charge in [-0.05, 0) is 23.6 Å². The van der Waals surface area contributed by atoms with Gasteiger partial charge in [0.25, 0.3) is 5.91 Å². The molecule has 140 valence electrons. The van der Waals surface area contributed by atoms with Gasteiger partial charge < -0.3 is 21.1 Å². The Kier molecular flexibility index (Phi) is 5.67. The van der Waals surface area contributed by atoms with Gasteiger partial charge in [-0.3, -0.25) is 9.59 Å². The summed E-state index contributed by atoms with van der Waals surface area (Å²) in [6.45, 7) is 0.202. The lowest BCUT2D eigenvalue weighted by molar-refractivity contribution is -0.116. The second-order valence-corrected chi connectivity index (χ2v) is 6.56. The highest BCUT2D eigenvalue weighted by Crippen LogP contribution is 2.17. The molecule has 0 saturated heterocycles. The van der Waals surface area contributed by atoms with E-state index in [0.717, 1.165) is 4.88 Å². The van der Waals surface area contributed by atoms with Gasteiger partial charge in [-0.1, -0.05) is 17.3 Å². The van der Waals surface area contributed by atoms with Crippen LogP contribution in [0.25, 0.3) is 0 Å². The first-order valence-electron chi connectivity index (χ1n) is 8.00. The van der Waals surface area contributed by atoms with Crippen molar-refractivity contribution in [1.82, 2.24) is 20.3 Å². The Morgan fingerprint density at radius 3 is 2.89 bits per heavy atom. The molecule has 0 unspecified atom stereocenters. The number of aromatic nitrogens is 3. The maximum atomic E-state index is 12.2. The minimum absolute atomic E-state index is 0.0132. The van der Waals surface area contributed by atoms with E-state index in [1.54, 1.807) is 31.4 Å². The number of rotatable bonds is 7. The molecule has 2 aromatic heterocycles. The van der Waals surface area contributed by atoms with Gasteiger partial charge in [0, 0.05) is 16.6 Å². The smallest absolute Gasteiger partial charge is 0.276 e. The zero-order valence-corrected chi connectivity index (χ0v) is 15.3. The van der Waals surface area contributed by atoms with Crippen molar-refractivity contribution >= 4 is 34.7 Å². The highest BCUT2D eigenvalue weighted by Gasteiger charge is 2.19. The number of nitrogen functional groups attached to an aromatic ring is 1. The van der Waals surface area contributed by atoms with E-state index in [4.69, 9.17) is 10.5 Å². The highest BCUT2D eigenvalue weighted by atomic mass is 32.1. The van der Waals surface area contributed by atoms with Gasteiger partial charge in [-0.15, -0.1) is 16.4 Å². The molecule has 2 amide bonds. The number of hydrogen-bond donors (Lipinski definition) is 3. The Balaban J connectivity index is 1.60. The van der Waals surface area contributed by atoms with Gasteiger partial charge in [-0.25, -0.2) is 4.68 Å². The zero-order chi connectivity index (χ0) is 19.2. The van der Waals surface area contributed by atoms with Crippen LogP contribution in [-0.4, -0.2) is 33.9 Å². The van der Waals surface area contributed by atoms with E-state index in [9.17, 15) is 9.59 Å². The number of anilines is 2. The summed E-state index contributed by atoms with van der Waals surface area (Å²) < 4.78 is 6.29. The molecule has 10 heteroatoms. The zero-order valence-electron chi connectivity index (χ0n) is 14.5. The van der Waals surface area contributed by atoms with E-state index < -0.39 is 5.91 Å². The summed E-state index contributed by atoms with van der Waals surface area (Å²) in [5, 5.41) is 14.9. The van der Waals surface area contributed by atoms with Crippen LogP contribution in [0, 0.1) is 0 Å². The SMILES string of the molecule is COc1cccc(NC(=O)Cn2nnc(C(=O)NCc3cccs3)c2N)c1. The van der Waals surface area contributed by atoms with Crippen molar-refractivity contribution in [2.75, 3.05) is 18.2 Å². The van der Waals surface area contributed by atoms with Crippen molar-refractivity contribution in [3.63, 3.8) is 0 Å². The summed E-state index contributed by atoms with van der Waals surface area (Å²) in [4.78, 5) is 25.4. The van der Waals surface area contributed by atoms with Crippen LogP contribution in [0.4, 0.5) is 11.5 Å². The third-order valence-electron chi connectivity index (χ3n) is 3.64. The first kappa shape index (κ1) is 18.4. The van der Waals surface area contributed by atoms with Gasteiger partial charge in [0.1, 0.15) is 12.3 Å². The molecule has 0 fully saturated rings. The summed E-state index contributed by atoms with van der Waals surface area (Å²) in [5.41, 5.74) is 6.48. The van der Waals surface area contributed by atoms with Crippen LogP contribution in [0.1, 0.15) is 15.4 Å². The van der Waals surface area contributed by atoms with Crippen LogP contribution in [0.5, 0.6) is 5.75 Å². The third kappa shape index (κ3) is 4.61. The second kappa shape index (κ2) is 8.32. The van der Waals surface area contributed by atoms with Crippen LogP contribution < -0.4 is 21.1 Å². The van der Waals surface area contributed by atoms with Gasteiger partial charge >= 0.3 is 0 Å². The number of methoxy groups -OCH3 is 1. The van der Waals surface area contributed by atoms with Crippen molar-refractivity contribution in [3.8, 4) is 5.75 Å². The van der Waals surface area contributed by atoms with Crippen molar-refractivity contribution in [2.24, 2.45) is 0 Å². The average molecular weight is 386 g/mol. The van der Waals surface area contributed by atoms with Crippen LogP contribution in [0.3, 0.4) is 0 Å². The predicted molar refractivity (Wildman–Crippen MR) is 102 cm³/mol. The molecule has 0 saturated carbocycles. The number of benzene rings is 1. The molecule has 0 aliphatic rings. The van der Waals surface area contributed by atoms with E-state index in [1.165, 1.54) is 16.0 Å². The summed E-state index contributed by atoms with van der Waals surface area (Å²) >= 11 is 1.53. The number of nitrogens with two attached hydrogens (primary N) is 1. The number of amides is 2. The molecule has 0 aliphatic heterocycles. The summed E-state index contributed by atoms with van der Waals surface area (Å²) in [6.07, 6.45) is 0. The van der Waals surface area contributed by atoms with E-state index in [1.807, 2.05) is 17.5 Å². The largest absolute Gasteiger partial charge is 0.497 e. The quantitative estimate of drug-likeness (QED) is 0.565. The number of carbonyl (C=O) groups is 2. The number of carbonyl (C=O) groups excluding carboxylic acids is 2. The Bertz CT molecular complexity index is 938. The van der Waals surface area contributed by atoms with Gasteiger partial charge in [0.15, 0.2) is 11.5 Å². The topological polar surface area (TPSA) is 124 Å². The molecular formula is C17H18N6O3S. The van der Waals surface area contributed by atoms with Gasteiger partial charge in [0.05, 0.1) is 13.7 Å². The maximum absolute atomic E-state index is 12.2. The highest BCUT2D eigenvalue weighted by molar-refractivity contribution is 7.09. The molecule has 9 nitrogen and oxygen atoms in total. The molecule has 3 aromatic rings. The molecule has 27 heavy (non-hydrogen) atoms. The van der Waals surface area contributed by atoms with Crippen molar-refractivity contribution < 1.29 is 14.3 Å². The molecular weight excluding hydrogens is 368 g/mol. The number of thiophene rings is 1. The summed E-state index contributed by atoms with van der Waals surface area (Å²) in [7, 11) is 1.54. The molecule has 4 N–H and O–H groups in total. The molecule has 0 aliphatic carbocycles. The molecule has 0 bridgehead atoms. The van der Waals surface area contributed by atoms with Crippen molar-refractivity contribution in [1.29, 1.82) is 0 Å². The third-order valence-corrected chi connectivity index (χ3v) is 4.51. The van der Waals surface area contributed by atoms with E-state index >= 15 is 0 Å². The Morgan fingerprint density at radius 1 is 1.30 bits per heavy atom. The lowest BCUT2D eigenvalue weighted by Crippen LogP contribution is -2.24. The Labute approximate surface area is 159 Å². The second-order valence-electron chi connectivity index (χ2n) is 5.52. The minimum atomic E-state index is -0.444. The van der Waals surface area contributed by atoms with Crippen LogP contribution >= 0.6 is 11.3 Å². The fourth-order valence-electron chi connectivity index (χ4n) is 2.30. The fourth-order valence-corrected chi connectivity index (χ4v) is 2.95. The molecule has 0 spiro atoms. The number of nitrogens with zero attached hydrogens (tertiary/aromatic N) is 3. The van der Waals surface area contributed by atoms with Gasteiger partial charge in [0.2, 0.25) is 5.91 Å². The molecule has 3 rings (SSSR count). The lowest BCUT2D eigenvalue weighted by Gasteiger charge is -2.07. The molecule has 0 radical (unpaired) electrons. The molecule has 0 atom stereocenters. The molecule has 1 aromatic carbocycles. The predicted octanol–water partition coefficient (Wildman–Crippen LogP) is 1.50. The monoisotopic (exact) mass is 386 g/mol. The van der Waals surface area contributed by atoms with E-state index in [2.05, 4.69) is 20.9 Å². The first-order chi connectivity index (χ1) is 13.1.